The van der Waals surface area contributed by atoms with Gasteiger partial charge < -0.3 is 34.8 Å². The lowest BCUT2D eigenvalue weighted by Gasteiger charge is -2.13. The highest BCUT2D eigenvalue weighted by Crippen LogP contribution is 2.37. The summed E-state index contributed by atoms with van der Waals surface area (Å²) in [4.78, 5) is 41.7. The maximum absolute atomic E-state index is 12.6. The minimum Gasteiger partial charge on any atom is -0.465 e. The number of phosphoric ester groups is 1. The van der Waals surface area contributed by atoms with Crippen LogP contribution in [0.15, 0.2) is 48.8 Å². The molecular formula is C19H22N2O10P+. The van der Waals surface area contributed by atoms with Crippen LogP contribution >= 0.6 is 7.82 Å². The zero-order chi connectivity index (χ0) is 23.5. The molecule has 12 nitrogen and oxygen atoms in total. The number of rotatable bonds is 7. The van der Waals surface area contributed by atoms with Crippen molar-refractivity contribution in [1.29, 1.82) is 0 Å². The number of aliphatic hydroxyl groups is 2. The first-order valence-corrected chi connectivity index (χ1v) is 10.8. The van der Waals surface area contributed by atoms with E-state index in [0.717, 1.165) is 0 Å². The van der Waals surface area contributed by atoms with Gasteiger partial charge in [-0.1, -0.05) is 0 Å². The number of ether oxygens (including phenoxy) is 2. The fraction of sp³-hybridized carbons (Fsp3) is 0.316. The number of carbonyl (C=O) groups excluding carboxylic acids is 2. The number of methoxy groups -OCH3 is 1. The number of hydrogen-bond acceptors (Lipinski definition) is 8. The molecule has 0 radical (unpaired) electrons. The number of phosphoric acid groups is 1. The molecule has 1 saturated heterocycles. The number of hydrogen-bond donors (Lipinski definition) is 5. The predicted octanol–water partition coefficient (Wildman–Crippen LogP) is -0.259. The van der Waals surface area contributed by atoms with Gasteiger partial charge in [-0.2, -0.15) is 4.57 Å². The summed E-state index contributed by atoms with van der Waals surface area (Å²) >= 11 is 0. The molecule has 3 rings (SSSR count). The maximum atomic E-state index is 12.6. The molecule has 2 aromatic rings. The Bertz CT molecular complexity index is 1030. The minimum atomic E-state index is -4.78. The van der Waals surface area contributed by atoms with Gasteiger partial charge in [0.05, 0.1) is 19.3 Å². The number of nitrogens with one attached hydrogen (secondary N) is 1. The Balaban J connectivity index is 1.70. The number of aromatic nitrogens is 1. The van der Waals surface area contributed by atoms with Crippen LogP contribution in [0.4, 0.5) is 5.69 Å². The second kappa shape index (κ2) is 9.84. The van der Waals surface area contributed by atoms with E-state index in [4.69, 9.17) is 14.5 Å². The van der Waals surface area contributed by atoms with Crippen LogP contribution in [0, 0.1) is 0 Å². The quantitative estimate of drug-likeness (QED) is 0.206. The van der Waals surface area contributed by atoms with Gasteiger partial charge in [0, 0.05) is 11.8 Å². The van der Waals surface area contributed by atoms with E-state index in [1.54, 1.807) is 0 Å². The number of benzene rings is 1. The van der Waals surface area contributed by atoms with Crippen molar-refractivity contribution >= 4 is 25.4 Å². The molecule has 1 aliphatic rings. The molecule has 1 aromatic carbocycles. The van der Waals surface area contributed by atoms with Crippen LogP contribution in [0.1, 0.15) is 26.9 Å². The van der Waals surface area contributed by atoms with Crippen molar-refractivity contribution in [3.8, 4) is 0 Å². The van der Waals surface area contributed by atoms with Gasteiger partial charge in [-0.05, 0) is 30.3 Å². The third kappa shape index (κ3) is 5.75. The summed E-state index contributed by atoms with van der Waals surface area (Å²) in [5.74, 6) is -0.992. The van der Waals surface area contributed by atoms with E-state index >= 15 is 0 Å². The van der Waals surface area contributed by atoms with E-state index in [9.17, 15) is 24.4 Å². The first-order valence-electron chi connectivity index (χ1n) is 9.31. The number of amides is 1. The summed E-state index contributed by atoms with van der Waals surface area (Å²) < 4.78 is 26.7. The number of pyridine rings is 1. The van der Waals surface area contributed by atoms with E-state index in [-0.39, 0.29) is 5.56 Å². The number of anilines is 1. The fourth-order valence-corrected chi connectivity index (χ4v) is 3.42. The second-order valence-corrected chi connectivity index (χ2v) is 8.13. The third-order valence-corrected chi connectivity index (χ3v) is 5.17. The Kier molecular flexibility index (Phi) is 7.36. The summed E-state index contributed by atoms with van der Waals surface area (Å²) in [6, 6.07) is 9.10. The zero-order valence-corrected chi connectivity index (χ0v) is 17.7. The highest BCUT2D eigenvalue weighted by Gasteiger charge is 2.49. The lowest BCUT2D eigenvalue weighted by atomic mass is 10.1. The molecule has 1 aliphatic heterocycles. The van der Waals surface area contributed by atoms with E-state index < -0.39 is 50.8 Å². The van der Waals surface area contributed by atoms with Crippen LogP contribution in [0.3, 0.4) is 0 Å². The predicted molar refractivity (Wildman–Crippen MR) is 106 cm³/mol. The average Bonchev–Trinajstić information content (AvgIpc) is 3.06. The summed E-state index contributed by atoms with van der Waals surface area (Å²) in [5.41, 5.74) is 0.955. The van der Waals surface area contributed by atoms with Gasteiger partial charge in [-0.25, -0.2) is 9.36 Å². The first kappa shape index (κ1) is 24.0. The number of carbonyl (C=O) groups is 2. The molecule has 13 heteroatoms. The van der Waals surface area contributed by atoms with Crippen molar-refractivity contribution in [1.82, 2.24) is 0 Å². The van der Waals surface area contributed by atoms with Gasteiger partial charge in [0.1, 0.15) is 17.8 Å². The van der Waals surface area contributed by atoms with Crippen LogP contribution in [0.2, 0.25) is 0 Å². The van der Waals surface area contributed by atoms with Crippen LogP contribution in [0.5, 0.6) is 0 Å². The number of aliphatic hydroxyl groups excluding tert-OH is 2. The molecule has 1 fully saturated rings. The van der Waals surface area contributed by atoms with E-state index in [1.165, 1.54) is 60.5 Å². The molecule has 1 amide bonds. The van der Waals surface area contributed by atoms with Crippen LogP contribution in [-0.4, -0.2) is 63.9 Å². The molecule has 172 valence electrons. The average molecular weight is 469 g/mol. The van der Waals surface area contributed by atoms with Crippen LogP contribution in [0.25, 0.3) is 0 Å². The maximum Gasteiger partial charge on any atom is 0.469 e. The Morgan fingerprint density at radius 2 is 1.81 bits per heavy atom. The summed E-state index contributed by atoms with van der Waals surface area (Å²) in [6.07, 6.45) is -2.34. The first-order chi connectivity index (χ1) is 15.1. The smallest absolute Gasteiger partial charge is 0.465 e. The lowest BCUT2D eigenvalue weighted by molar-refractivity contribution is -0.765. The second-order valence-electron chi connectivity index (χ2n) is 6.90. The van der Waals surface area contributed by atoms with Crippen molar-refractivity contribution in [2.75, 3.05) is 19.0 Å². The molecule has 1 aromatic heterocycles. The largest absolute Gasteiger partial charge is 0.469 e. The monoisotopic (exact) mass is 469 g/mol. The van der Waals surface area contributed by atoms with Crippen molar-refractivity contribution in [2.24, 2.45) is 0 Å². The summed E-state index contributed by atoms with van der Waals surface area (Å²) in [6.45, 7) is -0.638. The number of esters is 1. The van der Waals surface area contributed by atoms with Crippen LogP contribution < -0.4 is 9.88 Å². The van der Waals surface area contributed by atoms with Crippen molar-refractivity contribution in [2.45, 2.75) is 24.5 Å². The van der Waals surface area contributed by atoms with E-state index in [0.29, 0.717) is 11.3 Å². The van der Waals surface area contributed by atoms with E-state index in [2.05, 4.69) is 14.6 Å². The van der Waals surface area contributed by atoms with Crippen molar-refractivity contribution in [3.63, 3.8) is 0 Å². The Hall–Kier alpha value is -2.70. The molecule has 0 unspecified atom stereocenters. The molecule has 4 atom stereocenters. The molecule has 0 aliphatic carbocycles. The van der Waals surface area contributed by atoms with Gasteiger partial charge in [0.2, 0.25) is 0 Å². The van der Waals surface area contributed by atoms with Gasteiger partial charge in [0.25, 0.3) is 12.1 Å². The fourth-order valence-electron chi connectivity index (χ4n) is 3.08. The number of nitrogens with zero attached hydrogens (tertiary/aromatic N) is 1. The third-order valence-electron chi connectivity index (χ3n) is 4.69. The Morgan fingerprint density at radius 1 is 1.12 bits per heavy atom. The van der Waals surface area contributed by atoms with Gasteiger partial charge in [-0.15, -0.1) is 0 Å². The minimum absolute atomic E-state index is 0.199. The standard InChI is InChI=1S/C19H21N2O10P/c1-29-19(25)11-4-6-13(7-5-11)20-17(24)12-3-2-8-21(9-12)18-16(23)15(22)14(31-18)10-30-32(26,27)28/h2-9,14-16,18,22-23H,10H2,1H3,(H2-,20,24,25,26,27,28)/p+1/t14-,15-,16-,18-/m1/s1. The molecule has 2 heterocycles. The Morgan fingerprint density at radius 3 is 2.44 bits per heavy atom. The molecule has 5 N–H and O–H groups in total. The highest BCUT2D eigenvalue weighted by atomic mass is 31.2. The highest BCUT2D eigenvalue weighted by molar-refractivity contribution is 7.46. The van der Waals surface area contributed by atoms with Gasteiger partial charge >= 0.3 is 13.8 Å². The summed E-state index contributed by atoms with van der Waals surface area (Å²) in [7, 11) is -3.52. The SMILES string of the molecule is COC(=O)c1ccc(NC(=O)c2ccc[n+]([C@@H]3O[C@H](COP(=O)(O)O)[C@@H](O)[C@H]3O)c2)cc1. The lowest BCUT2D eigenvalue weighted by Crippen LogP contribution is -2.46. The van der Waals surface area contributed by atoms with Crippen molar-refractivity contribution < 1.29 is 52.7 Å². The van der Waals surface area contributed by atoms with E-state index in [1.807, 2.05) is 0 Å². The van der Waals surface area contributed by atoms with Gasteiger partial charge in [-0.3, -0.25) is 9.32 Å². The van der Waals surface area contributed by atoms with Crippen LogP contribution in [-0.2, 0) is 18.6 Å². The zero-order valence-electron chi connectivity index (χ0n) is 16.8. The topological polar surface area (TPSA) is 176 Å². The molecule has 0 bridgehead atoms. The van der Waals surface area contributed by atoms with Gasteiger partial charge in [0.15, 0.2) is 18.5 Å². The molecule has 0 saturated carbocycles. The molecular weight excluding hydrogens is 447 g/mol. The summed E-state index contributed by atoms with van der Waals surface area (Å²) in [5, 5.41) is 23.1. The van der Waals surface area contributed by atoms with Crippen molar-refractivity contribution in [3.05, 3.63) is 59.9 Å². The Labute approximate surface area is 182 Å². The molecule has 32 heavy (non-hydrogen) atoms. The normalized spacial score (nSPS) is 23.0. The molecule has 0 spiro atoms.